The van der Waals surface area contributed by atoms with Crippen LogP contribution in [0.15, 0.2) is 12.3 Å². The van der Waals surface area contributed by atoms with Gasteiger partial charge < -0.3 is 5.73 Å². The number of nitrogens with zero attached hydrogens (tertiary/aromatic N) is 1. The molecule has 4 nitrogen and oxygen atoms in total. The third kappa shape index (κ3) is 0.913. The molecular weight excluding hydrogens is 154 g/mol. The number of amides is 1. The summed E-state index contributed by atoms with van der Waals surface area (Å²) in [5, 5.41) is 6.69. The van der Waals surface area contributed by atoms with Gasteiger partial charge in [-0.15, -0.1) is 0 Å². The molecule has 1 fully saturated rings. The molecule has 0 aromatic carbocycles. The van der Waals surface area contributed by atoms with Crippen molar-refractivity contribution in [2.24, 2.45) is 17.6 Å². The van der Waals surface area contributed by atoms with Gasteiger partial charge in [-0.2, -0.15) is 5.10 Å². The number of hydrogen-bond acceptors (Lipinski definition) is 2. The first kappa shape index (κ1) is 7.34. The number of primary amides is 1. The van der Waals surface area contributed by atoms with E-state index < -0.39 is 0 Å². The van der Waals surface area contributed by atoms with Crippen LogP contribution in [-0.4, -0.2) is 16.1 Å². The lowest BCUT2D eigenvalue weighted by atomic mass is 10.2. The maximum Gasteiger partial charge on any atom is 0.221 e. The first-order chi connectivity index (χ1) is 5.72. The van der Waals surface area contributed by atoms with Gasteiger partial charge in [0.1, 0.15) is 0 Å². The first-order valence-electron chi connectivity index (χ1n) is 4.00. The maximum atomic E-state index is 10.9. The average Bonchev–Trinajstić information content (AvgIpc) is 2.50. The molecule has 0 radical (unpaired) electrons. The van der Waals surface area contributed by atoms with Gasteiger partial charge in [-0.1, -0.05) is 6.92 Å². The Morgan fingerprint density at radius 3 is 2.92 bits per heavy atom. The summed E-state index contributed by atoms with van der Waals surface area (Å²) in [6, 6.07) is 1.89. The van der Waals surface area contributed by atoms with E-state index in [9.17, 15) is 4.79 Å². The Hall–Kier alpha value is -1.32. The SMILES string of the molecule is CC1C(C(N)=O)C1c1ccn[nH]1. The molecule has 4 heteroatoms. The zero-order chi connectivity index (χ0) is 8.72. The van der Waals surface area contributed by atoms with Crippen LogP contribution in [0.25, 0.3) is 0 Å². The highest BCUT2D eigenvalue weighted by Crippen LogP contribution is 2.52. The van der Waals surface area contributed by atoms with E-state index in [4.69, 9.17) is 5.73 Å². The molecular formula is C8H11N3O. The number of nitrogens with two attached hydrogens (primary N) is 1. The number of hydrogen-bond donors (Lipinski definition) is 2. The van der Waals surface area contributed by atoms with Gasteiger partial charge in [-0.05, 0) is 12.0 Å². The normalized spacial score (nSPS) is 33.2. The topological polar surface area (TPSA) is 71.8 Å². The fourth-order valence-electron chi connectivity index (χ4n) is 1.83. The Labute approximate surface area is 70.1 Å². The second-order valence-corrected chi connectivity index (χ2v) is 3.33. The van der Waals surface area contributed by atoms with E-state index in [2.05, 4.69) is 10.2 Å². The molecule has 0 bridgehead atoms. The van der Waals surface area contributed by atoms with E-state index in [0.717, 1.165) is 5.69 Å². The first-order valence-corrected chi connectivity index (χ1v) is 4.00. The van der Waals surface area contributed by atoms with Crippen molar-refractivity contribution in [2.45, 2.75) is 12.8 Å². The standard InChI is InChI=1S/C8H11N3O/c1-4-6(7(4)8(9)12)5-2-3-10-11-5/h2-4,6-7H,1H3,(H2,9,12)(H,10,11). The van der Waals surface area contributed by atoms with Crippen molar-refractivity contribution in [1.82, 2.24) is 10.2 Å². The largest absolute Gasteiger partial charge is 0.369 e. The molecule has 0 saturated heterocycles. The van der Waals surface area contributed by atoms with Gasteiger partial charge in [0.25, 0.3) is 0 Å². The van der Waals surface area contributed by atoms with Gasteiger partial charge in [0.15, 0.2) is 0 Å². The molecule has 12 heavy (non-hydrogen) atoms. The third-order valence-corrected chi connectivity index (χ3v) is 2.59. The fourth-order valence-corrected chi connectivity index (χ4v) is 1.83. The van der Waals surface area contributed by atoms with Crippen molar-refractivity contribution in [2.75, 3.05) is 0 Å². The van der Waals surface area contributed by atoms with Gasteiger partial charge in [-0.25, -0.2) is 0 Å². The number of nitrogens with one attached hydrogen (secondary N) is 1. The minimum atomic E-state index is -0.206. The summed E-state index contributed by atoms with van der Waals surface area (Å²) in [7, 11) is 0. The quantitative estimate of drug-likeness (QED) is 0.659. The number of rotatable bonds is 2. The van der Waals surface area contributed by atoms with Crippen LogP contribution in [0.2, 0.25) is 0 Å². The van der Waals surface area contributed by atoms with Crippen molar-refractivity contribution < 1.29 is 4.79 Å². The van der Waals surface area contributed by atoms with E-state index in [1.165, 1.54) is 0 Å². The maximum absolute atomic E-state index is 10.9. The van der Waals surface area contributed by atoms with Gasteiger partial charge >= 0.3 is 0 Å². The van der Waals surface area contributed by atoms with Gasteiger partial charge in [0, 0.05) is 23.7 Å². The molecule has 1 amide bonds. The number of aromatic amines is 1. The molecule has 3 unspecified atom stereocenters. The highest BCUT2D eigenvalue weighted by Gasteiger charge is 2.52. The molecule has 1 aromatic rings. The second kappa shape index (κ2) is 2.33. The van der Waals surface area contributed by atoms with Gasteiger partial charge in [0.2, 0.25) is 5.91 Å². The number of carbonyl (C=O) groups is 1. The monoisotopic (exact) mass is 165 g/mol. The van der Waals surface area contributed by atoms with E-state index >= 15 is 0 Å². The van der Waals surface area contributed by atoms with Crippen LogP contribution in [0.3, 0.4) is 0 Å². The Morgan fingerprint density at radius 1 is 1.75 bits per heavy atom. The summed E-state index contributed by atoms with van der Waals surface area (Å²) in [5.74, 6) is 0.431. The Morgan fingerprint density at radius 2 is 2.50 bits per heavy atom. The van der Waals surface area contributed by atoms with Crippen molar-refractivity contribution in [3.05, 3.63) is 18.0 Å². The number of H-pyrrole nitrogens is 1. The Kier molecular flexibility index (Phi) is 1.43. The van der Waals surface area contributed by atoms with Crippen molar-refractivity contribution >= 4 is 5.91 Å². The summed E-state index contributed by atoms with van der Waals surface area (Å²) in [6.45, 7) is 2.03. The summed E-state index contributed by atoms with van der Waals surface area (Å²) < 4.78 is 0. The number of aromatic nitrogens is 2. The lowest BCUT2D eigenvalue weighted by Gasteiger charge is -1.90. The van der Waals surface area contributed by atoms with Crippen molar-refractivity contribution in [3.63, 3.8) is 0 Å². The van der Waals surface area contributed by atoms with E-state index in [-0.39, 0.29) is 17.7 Å². The van der Waals surface area contributed by atoms with Crippen molar-refractivity contribution in [3.8, 4) is 0 Å². The van der Waals surface area contributed by atoms with Gasteiger partial charge in [0.05, 0.1) is 0 Å². The van der Waals surface area contributed by atoms with E-state index in [1.807, 2.05) is 13.0 Å². The summed E-state index contributed by atoms with van der Waals surface area (Å²) in [5.41, 5.74) is 6.23. The summed E-state index contributed by atoms with van der Waals surface area (Å²) >= 11 is 0. The third-order valence-electron chi connectivity index (χ3n) is 2.59. The minimum absolute atomic E-state index is 0.00505. The minimum Gasteiger partial charge on any atom is -0.369 e. The zero-order valence-corrected chi connectivity index (χ0v) is 6.82. The Balaban J connectivity index is 2.15. The lowest BCUT2D eigenvalue weighted by molar-refractivity contribution is -0.119. The molecule has 1 aliphatic carbocycles. The average molecular weight is 165 g/mol. The molecule has 1 aromatic heterocycles. The molecule has 1 saturated carbocycles. The number of carbonyl (C=O) groups excluding carboxylic acids is 1. The van der Waals surface area contributed by atoms with Crippen LogP contribution < -0.4 is 5.73 Å². The summed E-state index contributed by atoms with van der Waals surface area (Å²) in [4.78, 5) is 10.9. The predicted octanol–water partition coefficient (Wildman–Crippen LogP) is 0.244. The molecule has 3 atom stereocenters. The molecule has 1 heterocycles. The van der Waals surface area contributed by atoms with E-state index in [1.54, 1.807) is 6.20 Å². The summed E-state index contributed by atoms with van der Waals surface area (Å²) in [6.07, 6.45) is 1.69. The molecule has 0 aliphatic heterocycles. The molecule has 1 aliphatic rings. The van der Waals surface area contributed by atoms with Crippen LogP contribution in [0.1, 0.15) is 18.5 Å². The zero-order valence-electron chi connectivity index (χ0n) is 6.82. The highest BCUT2D eigenvalue weighted by molar-refractivity contribution is 5.81. The highest BCUT2D eigenvalue weighted by atomic mass is 16.1. The second-order valence-electron chi connectivity index (χ2n) is 3.33. The smallest absolute Gasteiger partial charge is 0.221 e. The van der Waals surface area contributed by atoms with E-state index in [0.29, 0.717) is 5.92 Å². The lowest BCUT2D eigenvalue weighted by Crippen LogP contribution is -2.14. The van der Waals surface area contributed by atoms with Crippen LogP contribution in [-0.2, 0) is 4.79 Å². The molecule has 2 rings (SSSR count). The van der Waals surface area contributed by atoms with Crippen LogP contribution >= 0.6 is 0 Å². The Bertz CT molecular complexity index is 293. The fraction of sp³-hybridized carbons (Fsp3) is 0.500. The van der Waals surface area contributed by atoms with Crippen LogP contribution in [0.5, 0.6) is 0 Å². The van der Waals surface area contributed by atoms with Crippen molar-refractivity contribution in [1.29, 1.82) is 0 Å². The molecule has 3 N–H and O–H groups in total. The molecule has 64 valence electrons. The predicted molar refractivity (Wildman–Crippen MR) is 43.2 cm³/mol. The molecule has 0 spiro atoms. The van der Waals surface area contributed by atoms with Crippen LogP contribution in [0, 0.1) is 11.8 Å². The van der Waals surface area contributed by atoms with Crippen LogP contribution in [0.4, 0.5) is 0 Å². The van der Waals surface area contributed by atoms with Gasteiger partial charge in [-0.3, -0.25) is 9.89 Å².